The monoisotopic (exact) mass is 395 g/mol. The quantitative estimate of drug-likeness (QED) is 0.230. The Balaban J connectivity index is 0.000000345. The maximum absolute atomic E-state index is 14.5. The van der Waals surface area contributed by atoms with Crippen LogP contribution in [0.3, 0.4) is 0 Å². The van der Waals surface area contributed by atoms with Crippen LogP contribution in [-0.2, 0) is 15.5 Å². The van der Waals surface area contributed by atoms with Crippen molar-refractivity contribution in [1.29, 1.82) is 0 Å². The number of nitrogens with zero attached hydrogens (tertiary/aromatic N) is 2. The molecule has 1 saturated heterocycles. The number of nitrogen functional groups attached to an aromatic ring is 1. The Labute approximate surface area is 151 Å². The van der Waals surface area contributed by atoms with Crippen molar-refractivity contribution >= 4 is 12.1 Å². The number of aldehydes is 1. The minimum absolute atomic E-state index is 0.119. The summed E-state index contributed by atoms with van der Waals surface area (Å²) in [6, 6.07) is 1.14. The molecule has 2 unspecified atom stereocenters. The molecule has 0 saturated carbocycles. The summed E-state index contributed by atoms with van der Waals surface area (Å²) in [6.07, 6.45) is -6.06. The molecule has 6 atom stereocenters. The molecule has 1 aromatic heterocycles. The van der Waals surface area contributed by atoms with Gasteiger partial charge in [0.05, 0.1) is 19.3 Å². The van der Waals surface area contributed by atoms with E-state index in [0.717, 1.165) is 12.3 Å². The van der Waals surface area contributed by atoms with Crippen molar-refractivity contribution in [3.63, 3.8) is 0 Å². The summed E-state index contributed by atoms with van der Waals surface area (Å²) in [7, 11) is 0. The van der Waals surface area contributed by atoms with Crippen LogP contribution in [0.5, 0.6) is 0 Å². The molecular weight excluding hydrogens is 373 g/mol. The Morgan fingerprint density at radius 1 is 1.37 bits per heavy atom. The topological polar surface area (TPSA) is 209 Å². The Bertz CT molecular complexity index is 675. The fourth-order valence-electron chi connectivity index (χ4n) is 2.14. The van der Waals surface area contributed by atoms with E-state index < -0.39 is 55.4 Å². The van der Waals surface area contributed by atoms with Crippen molar-refractivity contribution in [3.05, 3.63) is 22.7 Å². The number of carbonyl (C=O) groups excluding carboxylic acids is 1. The van der Waals surface area contributed by atoms with Crippen LogP contribution >= 0.6 is 0 Å². The van der Waals surface area contributed by atoms with E-state index in [1.807, 2.05) is 0 Å². The molecule has 27 heavy (non-hydrogen) atoms. The van der Waals surface area contributed by atoms with Gasteiger partial charge in [0.1, 0.15) is 30.4 Å². The molecule has 1 aliphatic rings. The Morgan fingerprint density at radius 2 is 2.00 bits per heavy atom. The molecule has 13 heteroatoms. The first-order valence-electron chi connectivity index (χ1n) is 7.72. The van der Waals surface area contributed by atoms with Crippen LogP contribution in [-0.4, -0.2) is 90.2 Å². The molecule has 0 amide bonds. The normalized spacial score (nSPS) is 29.5. The lowest BCUT2D eigenvalue weighted by molar-refractivity contribution is -0.239. The maximum atomic E-state index is 14.5. The van der Waals surface area contributed by atoms with E-state index >= 15 is 0 Å². The highest BCUT2D eigenvalue weighted by Gasteiger charge is 2.57. The summed E-state index contributed by atoms with van der Waals surface area (Å²) in [5.41, 5.74) is 4.16. The van der Waals surface area contributed by atoms with Crippen LogP contribution < -0.4 is 11.4 Å². The van der Waals surface area contributed by atoms with Gasteiger partial charge in [0.15, 0.2) is 6.10 Å². The molecule has 1 aromatic rings. The lowest BCUT2D eigenvalue weighted by Crippen LogP contribution is -2.47. The summed E-state index contributed by atoms with van der Waals surface area (Å²) in [6.45, 7) is -1.23. The average Bonchev–Trinajstić information content (AvgIpc) is 2.86. The molecule has 0 bridgehead atoms. The van der Waals surface area contributed by atoms with Gasteiger partial charge in [0.2, 0.25) is 0 Å². The smallest absolute Gasteiger partial charge is 0.354 e. The highest BCUT2D eigenvalue weighted by atomic mass is 19.2. The second kappa shape index (κ2) is 9.80. The van der Waals surface area contributed by atoms with E-state index in [2.05, 4.69) is 4.98 Å². The van der Waals surface area contributed by atoms with Gasteiger partial charge >= 0.3 is 11.7 Å². The van der Waals surface area contributed by atoms with Crippen LogP contribution in [0.1, 0.15) is 6.42 Å². The van der Waals surface area contributed by atoms with E-state index in [4.69, 9.17) is 30.9 Å². The second-order valence-electron chi connectivity index (χ2n) is 5.61. The van der Waals surface area contributed by atoms with Gasteiger partial charge < -0.3 is 45.9 Å². The van der Waals surface area contributed by atoms with E-state index in [9.17, 15) is 24.2 Å². The molecule has 1 fully saturated rings. The molecule has 0 spiro atoms. The zero-order valence-corrected chi connectivity index (χ0v) is 14.0. The minimum Gasteiger partial charge on any atom is -0.394 e. The third-order valence-corrected chi connectivity index (χ3v) is 3.69. The van der Waals surface area contributed by atoms with E-state index in [1.54, 1.807) is 0 Å². The maximum Gasteiger partial charge on any atom is 0.354 e. The van der Waals surface area contributed by atoms with E-state index in [-0.39, 0.29) is 12.2 Å². The zero-order chi connectivity index (χ0) is 20.8. The summed E-state index contributed by atoms with van der Waals surface area (Å²) in [5, 5.41) is 53.4. The molecule has 0 aromatic carbocycles. The van der Waals surface area contributed by atoms with Gasteiger partial charge in [-0.3, -0.25) is 0 Å². The fraction of sp³-hybridized carbons (Fsp3) is 0.643. The molecule has 154 valence electrons. The lowest BCUT2D eigenvalue weighted by atomic mass is 10.1. The first-order valence-corrected chi connectivity index (χ1v) is 7.72. The number of aliphatic hydroxyl groups is 6. The number of nitrogens with two attached hydrogens (primary N) is 1. The minimum atomic E-state index is -3.00. The van der Waals surface area contributed by atoms with Gasteiger partial charge in [-0.15, -0.1) is 0 Å². The SMILES string of the molecule is Nc1ccn([C@]2(F)O[C@H](CO)[C@@H](O)[C@H]2O)c(=O)n1.O=CCC(O)C(O)CO. The first kappa shape index (κ1) is 23.0. The predicted molar refractivity (Wildman–Crippen MR) is 85.7 cm³/mol. The lowest BCUT2D eigenvalue weighted by Gasteiger charge is -2.24. The summed E-state index contributed by atoms with van der Waals surface area (Å²) < 4.78 is 19.5. The standard InChI is InChI=1S/C9H12FN3O5.C5H10O4/c10-9(7(16)6(15)4(3-14)18-9)13-2-1-5(11)12-8(13)17;6-2-1-4(8)5(9)3-7/h1-2,4,6-7,14-16H,3H2,(H2,11,12,17);2,4-5,7-9H,1,3H2/t4-,6-,7-,9+;/m1./s1. The highest BCUT2D eigenvalue weighted by Crippen LogP contribution is 2.35. The first-order chi connectivity index (χ1) is 12.6. The Morgan fingerprint density at radius 3 is 2.44 bits per heavy atom. The number of hydrogen-bond acceptors (Lipinski definition) is 11. The van der Waals surface area contributed by atoms with Crippen LogP contribution in [0.4, 0.5) is 10.2 Å². The number of anilines is 1. The van der Waals surface area contributed by atoms with Crippen molar-refractivity contribution in [3.8, 4) is 0 Å². The van der Waals surface area contributed by atoms with Gasteiger partial charge in [0.25, 0.3) is 0 Å². The van der Waals surface area contributed by atoms with E-state index in [1.165, 1.54) is 0 Å². The predicted octanol–water partition coefficient (Wildman–Crippen LogP) is -4.19. The number of alkyl halides is 1. The highest BCUT2D eigenvalue weighted by molar-refractivity contribution is 5.50. The van der Waals surface area contributed by atoms with Crippen molar-refractivity contribution < 1.29 is 44.6 Å². The summed E-state index contributed by atoms with van der Waals surface area (Å²) in [5.74, 6) is -3.11. The van der Waals surface area contributed by atoms with Crippen molar-refractivity contribution in [2.75, 3.05) is 18.9 Å². The van der Waals surface area contributed by atoms with Crippen LogP contribution in [0.15, 0.2) is 17.1 Å². The van der Waals surface area contributed by atoms with Crippen molar-refractivity contribution in [2.45, 2.75) is 42.9 Å². The Hall–Kier alpha value is -2.00. The van der Waals surface area contributed by atoms with E-state index in [0.29, 0.717) is 10.9 Å². The molecule has 0 radical (unpaired) electrons. The third-order valence-electron chi connectivity index (χ3n) is 3.69. The number of halogens is 1. The van der Waals surface area contributed by atoms with Crippen LogP contribution in [0.25, 0.3) is 0 Å². The number of aliphatic hydroxyl groups excluding tert-OH is 6. The zero-order valence-electron chi connectivity index (χ0n) is 14.0. The average molecular weight is 395 g/mol. The number of hydrogen-bond donors (Lipinski definition) is 7. The second-order valence-corrected chi connectivity index (χ2v) is 5.61. The molecule has 2 heterocycles. The van der Waals surface area contributed by atoms with Crippen molar-refractivity contribution in [1.82, 2.24) is 9.55 Å². The molecule has 8 N–H and O–H groups in total. The van der Waals surface area contributed by atoms with Crippen molar-refractivity contribution in [2.24, 2.45) is 0 Å². The number of ether oxygens (including phenoxy) is 1. The largest absolute Gasteiger partial charge is 0.394 e. The molecule has 2 rings (SSSR count). The molecule has 0 aliphatic carbocycles. The number of aromatic nitrogens is 2. The Kier molecular flexibility index (Phi) is 8.36. The molecule has 12 nitrogen and oxygen atoms in total. The van der Waals surface area contributed by atoms with Gasteiger partial charge in [-0.1, -0.05) is 0 Å². The molecule has 1 aliphatic heterocycles. The number of rotatable bonds is 6. The van der Waals surface area contributed by atoms with Gasteiger partial charge in [0, 0.05) is 12.6 Å². The number of carbonyl (C=O) groups is 1. The van der Waals surface area contributed by atoms with Gasteiger partial charge in [-0.2, -0.15) is 9.37 Å². The van der Waals surface area contributed by atoms with Gasteiger partial charge in [-0.05, 0) is 6.07 Å². The molecular formula is C14H22FN3O9. The summed E-state index contributed by atoms with van der Waals surface area (Å²) in [4.78, 5) is 24.4. The third kappa shape index (κ3) is 5.26. The van der Waals surface area contributed by atoms with Crippen LogP contribution in [0, 0.1) is 0 Å². The van der Waals surface area contributed by atoms with Crippen LogP contribution in [0.2, 0.25) is 0 Å². The van der Waals surface area contributed by atoms with Gasteiger partial charge in [-0.25, -0.2) is 9.36 Å². The summed E-state index contributed by atoms with van der Waals surface area (Å²) >= 11 is 0. The fourth-order valence-corrected chi connectivity index (χ4v) is 2.14.